The van der Waals surface area contributed by atoms with Gasteiger partial charge in [0, 0.05) is 28.5 Å². The van der Waals surface area contributed by atoms with E-state index in [1.54, 1.807) is 0 Å². The number of hydrogen-bond acceptors (Lipinski definition) is 2. The van der Waals surface area contributed by atoms with Gasteiger partial charge in [0.15, 0.2) is 6.20 Å². The summed E-state index contributed by atoms with van der Waals surface area (Å²) in [4.78, 5) is 0. The molecule has 0 aliphatic carbocycles. The molecule has 0 fully saturated rings. The monoisotopic (exact) mass is 417 g/mol. The van der Waals surface area contributed by atoms with E-state index in [9.17, 15) is 5.26 Å². The van der Waals surface area contributed by atoms with E-state index in [0.717, 1.165) is 49.9 Å². The normalized spacial score (nSPS) is 11.4. The summed E-state index contributed by atoms with van der Waals surface area (Å²) in [5, 5.41) is 11.9. The third-order valence-electron chi connectivity index (χ3n) is 6.30. The predicted octanol–water partition coefficient (Wildman–Crippen LogP) is 7.05. The second-order valence-corrected chi connectivity index (χ2v) is 8.69. The number of pyridine rings is 1. The lowest BCUT2D eigenvalue weighted by atomic mass is 9.95. The van der Waals surface area contributed by atoms with Crippen molar-refractivity contribution in [1.82, 2.24) is 0 Å². The van der Waals surface area contributed by atoms with Crippen molar-refractivity contribution in [3.05, 3.63) is 89.6 Å². The molecular formula is C29H25N2O+. The van der Waals surface area contributed by atoms with Crippen LogP contribution in [0, 0.1) is 18.3 Å². The van der Waals surface area contributed by atoms with Crippen LogP contribution in [0.25, 0.3) is 44.3 Å². The van der Waals surface area contributed by atoms with Crippen molar-refractivity contribution < 1.29 is 8.98 Å². The second kappa shape index (κ2) is 7.66. The zero-order chi connectivity index (χ0) is 22.4. The Kier molecular flexibility index (Phi) is 4.79. The maximum atomic E-state index is 9.81. The molecule has 5 aromatic rings. The van der Waals surface area contributed by atoms with Crippen molar-refractivity contribution in [3.63, 3.8) is 0 Å². The molecule has 0 aliphatic rings. The Morgan fingerprint density at radius 3 is 2.25 bits per heavy atom. The first kappa shape index (κ1) is 20.0. The number of aryl methyl sites for hydroxylation is 2. The van der Waals surface area contributed by atoms with Gasteiger partial charge in [-0.3, -0.25) is 0 Å². The van der Waals surface area contributed by atoms with Gasteiger partial charge in [0.1, 0.15) is 18.2 Å². The molecular weight excluding hydrogens is 392 g/mol. The smallest absolute Gasteiger partial charge is 0.216 e. The summed E-state index contributed by atoms with van der Waals surface area (Å²) in [5.41, 5.74) is 8.76. The van der Waals surface area contributed by atoms with Crippen LogP contribution in [0.5, 0.6) is 0 Å². The highest BCUT2D eigenvalue weighted by Gasteiger charge is 2.23. The van der Waals surface area contributed by atoms with Crippen LogP contribution in [0.4, 0.5) is 0 Å². The van der Waals surface area contributed by atoms with Gasteiger partial charge in [-0.2, -0.15) is 5.26 Å². The molecule has 0 amide bonds. The summed E-state index contributed by atoms with van der Waals surface area (Å²) in [7, 11) is 2.07. The second-order valence-electron chi connectivity index (χ2n) is 8.69. The van der Waals surface area contributed by atoms with Crippen molar-refractivity contribution in [1.29, 1.82) is 5.26 Å². The van der Waals surface area contributed by atoms with Gasteiger partial charge < -0.3 is 4.42 Å². The van der Waals surface area contributed by atoms with E-state index in [0.29, 0.717) is 11.5 Å². The highest BCUT2D eigenvalue weighted by atomic mass is 16.3. The summed E-state index contributed by atoms with van der Waals surface area (Å²) in [6.07, 6.45) is 2.12. The summed E-state index contributed by atoms with van der Waals surface area (Å²) >= 11 is 0. The summed E-state index contributed by atoms with van der Waals surface area (Å²) in [5.74, 6) is 0.438. The number of hydrogen-bond donors (Lipinski definition) is 0. The number of furan rings is 1. The fourth-order valence-corrected chi connectivity index (χ4v) is 4.50. The zero-order valence-corrected chi connectivity index (χ0v) is 18.8. The number of benzene rings is 3. The maximum Gasteiger partial charge on any atom is 0.216 e. The van der Waals surface area contributed by atoms with Crippen LogP contribution in [0.3, 0.4) is 0 Å². The molecule has 0 atom stereocenters. The SMILES string of the molecule is Cc1ccc2c(oc3c(-c4ccccc4)c(C#N)ccc32)c1-c1cc(C(C)C)cc[n+]1C. The van der Waals surface area contributed by atoms with Gasteiger partial charge in [-0.15, -0.1) is 0 Å². The molecule has 2 heterocycles. The maximum absolute atomic E-state index is 9.81. The van der Waals surface area contributed by atoms with Crippen LogP contribution in [-0.4, -0.2) is 0 Å². The van der Waals surface area contributed by atoms with Gasteiger partial charge >= 0.3 is 0 Å². The third-order valence-corrected chi connectivity index (χ3v) is 6.30. The van der Waals surface area contributed by atoms with Crippen molar-refractivity contribution in [2.75, 3.05) is 0 Å². The van der Waals surface area contributed by atoms with E-state index in [2.05, 4.69) is 68.9 Å². The lowest BCUT2D eigenvalue weighted by molar-refractivity contribution is -0.660. The lowest BCUT2D eigenvalue weighted by Gasteiger charge is -2.09. The summed E-state index contributed by atoms with van der Waals surface area (Å²) < 4.78 is 8.79. The Balaban J connectivity index is 1.90. The van der Waals surface area contributed by atoms with E-state index < -0.39 is 0 Å². The summed E-state index contributed by atoms with van der Waals surface area (Å²) in [6.45, 7) is 6.55. The Hall–Kier alpha value is -3.90. The highest BCUT2D eigenvalue weighted by molar-refractivity contribution is 6.13. The Morgan fingerprint density at radius 1 is 0.875 bits per heavy atom. The van der Waals surface area contributed by atoms with Crippen LogP contribution < -0.4 is 4.57 Å². The highest BCUT2D eigenvalue weighted by Crippen LogP contribution is 2.42. The van der Waals surface area contributed by atoms with Gasteiger partial charge in [-0.1, -0.05) is 56.3 Å². The average molecular weight is 418 g/mol. The van der Waals surface area contributed by atoms with Gasteiger partial charge in [0.2, 0.25) is 5.69 Å². The fourth-order valence-electron chi connectivity index (χ4n) is 4.50. The number of fused-ring (bicyclic) bond motifs is 3. The largest absolute Gasteiger partial charge is 0.454 e. The van der Waals surface area contributed by atoms with E-state index >= 15 is 0 Å². The van der Waals surface area contributed by atoms with Crippen LogP contribution in [0.1, 0.15) is 36.5 Å². The molecule has 0 unspecified atom stereocenters. The molecule has 2 aromatic heterocycles. The predicted molar refractivity (Wildman–Crippen MR) is 129 cm³/mol. The molecule has 3 aromatic carbocycles. The number of aromatic nitrogens is 1. The average Bonchev–Trinajstić information content (AvgIpc) is 3.18. The molecule has 5 rings (SSSR count). The minimum absolute atomic E-state index is 0.438. The van der Waals surface area contributed by atoms with Crippen LogP contribution in [0.15, 0.2) is 77.3 Å². The first-order chi connectivity index (χ1) is 15.5. The Labute approximate surface area is 188 Å². The van der Waals surface area contributed by atoms with Crippen LogP contribution in [0.2, 0.25) is 0 Å². The zero-order valence-electron chi connectivity index (χ0n) is 18.8. The van der Waals surface area contributed by atoms with E-state index in [4.69, 9.17) is 4.42 Å². The fraction of sp³-hybridized carbons (Fsp3) is 0.172. The van der Waals surface area contributed by atoms with Gasteiger partial charge in [-0.05, 0) is 41.7 Å². The van der Waals surface area contributed by atoms with Crippen molar-refractivity contribution in [3.8, 4) is 28.5 Å². The molecule has 156 valence electrons. The Bertz CT molecular complexity index is 1520. The van der Waals surface area contributed by atoms with Crippen molar-refractivity contribution in [2.45, 2.75) is 26.7 Å². The van der Waals surface area contributed by atoms with Crippen LogP contribution >= 0.6 is 0 Å². The minimum atomic E-state index is 0.438. The number of nitrogens with zero attached hydrogens (tertiary/aromatic N) is 2. The standard InChI is InChI=1S/C29H25N2O/c1-18(2)21-14-15-31(4)25(16-21)26-19(3)10-12-23-24-13-11-22(17-30)27(29(24)32-28(23)26)20-8-6-5-7-9-20/h5-16,18H,1-4H3/q+1. The molecule has 0 saturated carbocycles. The van der Waals surface area contributed by atoms with Gasteiger partial charge in [0.25, 0.3) is 0 Å². The first-order valence-electron chi connectivity index (χ1n) is 10.9. The molecule has 0 bridgehead atoms. The number of rotatable bonds is 3. The van der Waals surface area contributed by atoms with Crippen molar-refractivity contribution >= 4 is 21.9 Å². The first-order valence-corrected chi connectivity index (χ1v) is 10.9. The molecule has 0 N–H and O–H groups in total. The lowest BCUT2D eigenvalue weighted by Crippen LogP contribution is -2.31. The molecule has 0 spiro atoms. The minimum Gasteiger partial charge on any atom is -0.454 e. The summed E-state index contributed by atoms with van der Waals surface area (Å²) in [6, 6.07) is 25.0. The topological polar surface area (TPSA) is 40.8 Å². The van der Waals surface area contributed by atoms with E-state index in [1.807, 2.05) is 42.5 Å². The van der Waals surface area contributed by atoms with Crippen molar-refractivity contribution in [2.24, 2.45) is 7.05 Å². The molecule has 0 saturated heterocycles. The molecule has 0 radical (unpaired) electrons. The van der Waals surface area contributed by atoms with Gasteiger partial charge in [-0.25, -0.2) is 4.57 Å². The molecule has 3 heteroatoms. The quantitative estimate of drug-likeness (QED) is 0.295. The number of nitriles is 1. The third kappa shape index (κ3) is 3.08. The molecule has 0 aliphatic heterocycles. The van der Waals surface area contributed by atoms with Crippen LogP contribution in [-0.2, 0) is 7.05 Å². The van der Waals surface area contributed by atoms with Gasteiger partial charge in [0.05, 0.1) is 17.2 Å². The van der Waals surface area contributed by atoms with E-state index in [1.165, 1.54) is 5.56 Å². The van der Waals surface area contributed by atoms with E-state index in [-0.39, 0.29) is 0 Å². The molecule has 3 nitrogen and oxygen atoms in total. The Morgan fingerprint density at radius 2 is 1.56 bits per heavy atom. The molecule has 32 heavy (non-hydrogen) atoms.